The summed E-state index contributed by atoms with van der Waals surface area (Å²) in [6.45, 7) is 2.81. The van der Waals surface area contributed by atoms with E-state index < -0.39 is 5.92 Å². The zero-order valence-electron chi connectivity index (χ0n) is 13.8. The van der Waals surface area contributed by atoms with Crippen molar-refractivity contribution in [3.63, 3.8) is 0 Å². The van der Waals surface area contributed by atoms with Gasteiger partial charge in [0.15, 0.2) is 12.1 Å². The van der Waals surface area contributed by atoms with Crippen molar-refractivity contribution in [3.05, 3.63) is 53.0 Å². The van der Waals surface area contributed by atoms with E-state index in [-0.39, 0.29) is 17.8 Å². The minimum atomic E-state index is -2.97. The van der Waals surface area contributed by atoms with Crippen molar-refractivity contribution >= 4 is 23.3 Å². The highest BCUT2D eigenvalue weighted by Crippen LogP contribution is 2.29. The smallest absolute Gasteiger partial charge is 0.270 e. The van der Waals surface area contributed by atoms with Crippen molar-refractivity contribution < 1.29 is 13.6 Å². The number of nitrogens with zero attached hydrogens (tertiary/aromatic N) is 3. The predicted molar refractivity (Wildman–Crippen MR) is 90.9 cm³/mol. The van der Waals surface area contributed by atoms with Gasteiger partial charge in [0, 0.05) is 36.5 Å². The molecule has 0 unspecified atom stereocenters. The monoisotopic (exact) mass is 345 g/mol. The second-order valence-electron chi connectivity index (χ2n) is 5.93. The van der Waals surface area contributed by atoms with Crippen LogP contribution in [0.4, 0.5) is 20.3 Å². The molecule has 0 aliphatic carbocycles. The molecule has 25 heavy (non-hydrogen) atoms. The van der Waals surface area contributed by atoms with Crippen LogP contribution in [0.1, 0.15) is 34.2 Å². The number of rotatable bonds is 5. The Bertz CT molecular complexity index is 946. The maximum absolute atomic E-state index is 13.5. The summed E-state index contributed by atoms with van der Waals surface area (Å²) in [6.07, 6.45) is 2.32. The molecule has 3 rings (SSSR count). The van der Waals surface area contributed by atoms with Crippen molar-refractivity contribution in [1.82, 2.24) is 14.6 Å². The van der Waals surface area contributed by atoms with Gasteiger partial charge in [-0.1, -0.05) is 0 Å². The number of carbonyl (C=O) groups excluding carboxylic acids is 1. The number of aldehydes is 1. The van der Waals surface area contributed by atoms with E-state index in [1.807, 2.05) is 0 Å². The van der Waals surface area contributed by atoms with E-state index in [4.69, 9.17) is 5.73 Å². The van der Waals surface area contributed by atoms with Gasteiger partial charge in [-0.3, -0.25) is 4.79 Å². The van der Waals surface area contributed by atoms with Gasteiger partial charge in [-0.15, -0.1) is 0 Å². The highest BCUT2D eigenvalue weighted by atomic mass is 19.3. The predicted octanol–water partition coefficient (Wildman–Crippen LogP) is 3.16. The van der Waals surface area contributed by atoms with Crippen molar-refractivity contribution in [1.29, 1.82) is 0 Å². The summed E-state index contributed by atoms with van der Waals surface area (Å²) < 4.78 is 28.7. The first-order chi connectivity index (χ1) is 11.8. The molecule has 3 N–H and O–H groups in total. The van der Waals surface area contributed by atoms with Crippen LogP contribution in [0.2, 0.25) is 0 Å². The van der Waals surface area contributed by atoms with E-state index >= 15 is 0 Å². The van der Waals surface area contributed by atoms with Gasteiger partial charge in [0.1, 0.15) is 11.3 Å². The second kappa shape index (κ2) is 6.12. The minimum absolute atomic E-state index is 0.140. The Labute approximate surface area is 142 Å². The molecule has 130 valence electrons. The Morgan fingerprint density at radius 2 is 2.08 bits per heavy atom. The Morgan fingerprint density at radius 1 is 1.32 bits per heavy atom. The van der Waals surface area contributed by atoms with E-state index in [1.165, 1.54) is 12.1 Å². The van der Waals surface area contributed by atoms with Crippen LogP contribution in [0.15, 0.2) is 30.5 Å². The summed E-state index contributed by atoms with van der Waals surface area (Å²) in [4.78, 5) is 15.3. The quantitative estimate of drug-likeness (QED) is 0.548. The van der Waals surface area contributed by atoms with Crippen LogP contribution in [0.25, 0.3) is 5.52 Å². The maximum atomic E-state index is 13.5. The number of benzene rings is 1. The Kier molecular flexibility index (Phi) is 4.12. The molecule has 0 radical (unpaired) electrons. The van der Waals surface area contributed by atoms with Gasteiger partial charge in [0.2, 0.25) is 0 Å². The van der Waals surface area contributed by atoms with Crippen LogP contribution < -0.4 is 11.1 Å². The molecular formula is C17H17F2N5O. The van der Waals surface area contributed by atoms with Gasteiger partial charge in [-0.05, 0) is 36.8 Å². The average molecular weight is 345 g/mol. The van der Waals surface area contributed by atoms with E-state index in [0.717, 1.165) is 13.2 Å². The van der Waals surface area contributed by atoms with Crippen LogP contribution in [0.3, 0.4) is 0 Å². The molecule has 1 aromatic carbocycles. The van der Waals surface area contributed by atoms with Crippen molar-refractivity contribution in [3.8, 4) is 0 Å². The summed E-state index contributed by atoms with van der Waals surface area (Å²) in [6, 6.07) is 5.95. The standard InChI is InChI=1S/C17H17F2N5O/c1-10-22-16(15-5-12(9-25)8-24(15)23-10)21-7-11-3-13(17(2,18)19)6-14(20)4-11/h3-6,8-9H,7,20H2,1-2H3,(H,21,22,23). The molecule has 6 nitrogen and oxygen atoms in total. The van der Waals surface area contributed by atoms with Crippen LogP contribution >= 0.6 is 0 Å². The molecule has 3 aromatic rings. The fraction of sp³-hybridized carbons (Fsp3) is 0.235. The molecular weight excluding hydrogens is 328 g/mol. The van der Waals surface area contributed by atoms with Crippen molar-refractivity contribution in [2.45, 2.75) is 26.3 Å². The maximum Gasteiger partial charge on any atom is 0.270 e. The first kappa shape index (κ1) is 16.8. The SMILES string of the molecule is Cc1nc(NCc2cc(N)cc(C(C)(F)F)c2)c2cc(C=O)cn2n1. The van der Waals surface area contributed by atoms with E-state index in [0.29, 0.717) is 28.3 Å². The number of anilines is 2. The molecule has 0 aliphatic heterocycles. The van der Waals surface area contributed by atoms with Gasteiger partial charge < -0.3 is 11.1 Å². The number of aryl methyl sites for hydroxylation is 1. The lowest BCUT2D eigenvalue weighted by Crippen LogP contribution is -2.11. The number of halogens is 2. The van der Waals surface area contributed by atoms with Gasteiger partial charge >= 0.3 is 0 Å². The lowest BCUT2D eigenvalue weighted by molar-refractivity contribution is 0.0174. The number of hydrogen-bond donors (Lipinski definition) is 2. The summed E-state index contributed by atoms with van der Waals surface area (Å²) in [5.41, 5.74) is 7.56. The molecule has 0 atom stereocenters. The molecule has 2 aromatic heterocycles. The molecule has 0 saturated heterocycles. The lowest BCUT2D eigenvalue weighted by Gasteiger charge is -2.14. The molecule has 2 heterocycles. The van der Waals surface area contributed by atoms with Gasteiger partial charge in [-0.25, -0.2) is 18.3 Å². The fourth-order valence-electron chi connectivity index (χ4n) is 2.58. The van der Waals surface area contributed by atoms with Gasteiger partial charge in [0.25, 0.3) is 5.92 Å². The van der Waals surface area contributed by atoms with Crippen LogP contribution in [-0.2, 0) is 12.5 Å². The molecule has 0 aliphatic rings. The molecule has 0 spiro atoms. The number of aromatic nitrogens is 3. The first-order valence-electron chi connectivity index (χ1n) is 7.60. The normalized spacial score (nSPS) is 11.7. The third-order valence-corrected chi connectivity index (χ3v) is 3.71. The Hall–Kier alpha value is -3.03. The fourth-order valence-corrected chi connectivity index (χ4v) is 2.58. The Morgan fingerprint density at radius 3 is 2.76 bits per heavy atom. The highest BCUT2D eigenvalue weighted by molar-refractivity contribution is 5.81. The summed E-state index contributed by atoms with van der Waals surface area (Å²) in [5.74, 6) is -1.95. The van der Waals surface area contributed by atoms with E-state index in [2.05, 4.69) is 15.4 Å². The number of hydrogen-bond acceptors (Lipinski definition) is 5. The zero-order valence-corrected chi connectivity index (χ0v) is 13.8. The minimum Gasteiger partial charge on any atom is -0.399 e. The van der Waals surface area contributed by atoms with E-state index in [1.54, 1.807) is 29.8 Å². The van der Waals surface area contributed by atoms with E-state index in [9.17, 15) is 13.6 Å². The summed E-state index contributed by atoms with van der Waals surface area (Å²) in [5, 5.41) is 7.31. The molecule has 0 amide bonds. The largest absolute Gasteiger partial charge is 0.399 e. The lowest BCUT2D eigenvalue weighted by atomic mass is 10.0. The van der Waals surface area contributed by atoms with Gasteiger partial charge in [0.05, 0.1) is 0 Å². The molecule has 8 heteroatoms. The Balaban J connectivity index is 1.92. The summed E-state index contributed by atoms with van der Waals surface area (Å²) >= 11 is 0. The van der Waals surface area contributed by atoms with Crippen molar-refractivity contribution in [2.75, 3.05) is 11.1 Å². The molecule has 0 saturated carbocycles. The number of nitrogens with one attached hydrogen (secondary N) is 1. The third kappa shape index (κ3) is 3.57. The average Bonchev–Trinajstić information content (AvgIpc) is 2.94. The van der Waals surface area contributed by atoms with Gasteiger partial charge in [-0.2, -0.15) is 5.10 Å². The number of nitrogen functional groups attached to an aromatic ring is 1. The number of nitrogens with two attached hydrogens (primary N) is 1. The van der Waals surface area contributed by atoms with Crippen LogP contribution in [0.5, 0.6) is 0 Å². The molecule has 0 fully saturated rings. The third-order valence-electron chi connectivity index (χ3n) is 3.71. The zero-order chi connectivity index (χ0) is 18.2. The van der Waals surface area contributed by atoms with Crippen molar-refractivity contribution in [2.24, 2.45) is 0 Å². The topological polar surface area (TPSA) is 85.3 Å². The highest BCUT2D eigenvalue weighted by Gasteiger charge is 2.25. The number of alkyl halides is 2. The number of fused-ring (bicyclic) bond motifs is 1. The van der Waals surface area contributed by atoms with Crippen LogP contribution in [-0.4, -0.2) is 20.9 Å². The number of carbonyl (C=O) groups is 1. The second-order valence-corrected chi connectivity index (χ2v) is 5.93. The first-order valence-corrected chi connectivity index (χ1v) is 7.60. The summed E-state index contributed by atoms with van der Waals surface area (Å²) in [7, 11) is 0. The van der Waals surface area contributed by atoms with Crippen LogP contribution in [0, 0.1) is 6.92 Å². The molecule has 0 bridgehead atoms.